The molecule has 200 valence electrons. The van der Waals surface area contributed by atoms with E-state index in [0.717, 1.165) is 16.3 Å². The Balaban J connectivity index is 1.93. The van der Waals surface area contributed by atoms with Gasteiger partial charge in [0.1, 0.15) is 23.0 Å². The van der Waals surface area contributed by atoms with Crippen LogP contribution in [0.2, 0.25) is 0 Å². The van der Waals surface area contributed by atoms with Crippen molar-refractivity contribution >= 4 is 18.4 Å². The number of phenols is 1. The normalized spacial score (nSPS) is 13.3. The first-order chi connectivity index (χ1) is 18.4. The third-order valence-corrected chi connectivity index (χ3v) is 8.69. The number of fused-ring (bicyclic) bond motifs is 1. The fraction of sp³-hybridized carbons (Fsp3) is 0.267. The number of hydrogen-bond acceptors (Lipinski definition) is 7. The minimum absolute atomic E-state index is 0.119. The van der Waals surface area contributed by atoms with Gasteiger partial charge in [0.2, 0.25) is 0 Å². The minimum atomic E-state index is -3.72. The van der Waals surface area contributed by atoms with Crippen molar-refractivity contribution in [3.8, 4) is 17.2 Å². The van der Waals surface area contributed by atoms with Crippen molar-refractivity contribution in [2.75, 3.05) is 27.4 Å². The van der Waals surface area contributed by atoms with Gasteiger partial charge < -0.3 is 23.6 Å². The van der Waals surface area contributed by atoms with E-state index >= 15 is 0 Å². The lowest BCUT2D eigenvalue weighted by Gasteiger charge is -2.32. The molecule has 4 aromatic carbocycles. The summed E-state index contributed by atoms with van der Waals surface area (Å²) in [5, 5.41) is 16.6. The molecule has 0 aliphatic rings. The third kappa shape index (κ3) is 5.87. The topological polar surface area (TPSA) is 86.3 Å². The second-order valence-electron chi connectivity index (χ2n) is 8.64. The van der Waals surface area contributed by atoms with Crippen LogP contribution in [0.25, 0.3) is 10.8 Å². The van der Waals surface area contributed by atoms with E-state index < -0.39 is 19.4 Å². The predicted molar refractivity (Wildman–Crippen MR) is 150 cm³/mol. The smallest absolute Gasteiger partial charge is 0.351 e. The van der Waals surface area contributed by atoms with E-state index in [1.165, 1.54) is 0 Å². The molecule has 0 saturated carbocycles. The lowest BCUT2D eigenvalue weighted by molar-refractivity contribution is 0.206. The molecule has 7 nitrogen and oxygen atoms in total. The van der Waals surface area contributed by atoms with E-state index in [0.29, 0.717) is 22.6 Å². The molecule has 0 heterocycles. The summed E-state index contributed by atoms with van der Waals surface area (Å²) in [6.45, 7) is 3.99. The first-order valence-corrected chi connectivity index (χ1v) is 14.2. The highest BCUT2D eigenvalue weighted by Crippen LogP contribution is 2.60. The fourth-order valence-corrected chi connectivity index (χ4v) is 6.55. The second kappa shape index (κ2) is 12.5. The Morgan fingerprint density at radius 3 is 1.87 bits per heavy atom. The maximum Gasteiger partial charge on any atom is 0.351 e. The Morgan fingerprint density at radius 2 is 1.32 bits per heavy atom. The molecule has 4 aromatic rings. The fourth-order valence-electron chi connectivity index (χ4n) is 4.59. The highest BCUT2D eigenvalue weighted by atomic mass is 31.2. The minimum Gasteiger partial charge on any atom is -0.508 e. The van der Waals surface area contributed by atoms with Crippen LogP contribution in [-0.4, -0.2) is 32.5 Å². The zero-order valence-electron chi connectivity index (χ0n) is 22.1. The van der Waals surface area contributed by atoms with Crippen LogP contribution in [-0.2, 0) is 13.6 Å². The number of benzene rings is 4. The van der Waals surface area contributed by atoms with E-state index in [1.807, 2.05) is 78.9 Å². The molecule has 2 N–H and O–H groups in total. The van der Waals surface area contributed by atoms with Gasteiger partial charge in [0.05, 0.1) is 33.5 Å². The summed E-state index contributed by atoms with van der Waals surface area (Å²) in [4.78, 5) is 0. The molecule has 0 aliphatic heterocycles. The summed E-state index contributed by atoms with van der Waals surface area (Å²) >= 11 is 0. The van der Waals surface area contributed by atoms with Gasteiger partial charge in [-0.15, -0.1) is 0 Å². The SMILES string of the molecule is CCOP(=O)(OCC)C(NC(c1ccc(OC)cc1)c1c(O)ccc2ccccc12)c1ccc(OC)cc1. The van der Waals surface area contributed by atoms with Gasteiger partial charge in [-0.2, -0.15) is 0 Å². The Hall–Kier alpha value is -3.35. The first-order valence-electron chi connectivity index (χ1n) is 12.6. The lowest BCUT2D eigenvalue weighted by Crippen LogP contribution is -2.29. The lowest BCUT2D eigenvalue weighted by atomic mass is 9.92. The van der Waals surface area contributed by atoms with Crippen molar-refractivity contribution < 1.29 is 28.2 Å². The molecular formula is C30H34NO6P. The standard InChI is InChI=1S/C30H34NO6P/c1-5-36-38(33,37-6-2)30(23-13-18-25(35-4)19-14-23)31-29(22-11-16-24(34-3)17-12-22)28-26-10-8-7-9-21(26)15-20-27(28)32/h7-20,29-32H,5-6H2,1-4H3. The maximum atomic E-state index is 14.3. The zero-order chi connectivity index (χ0) is 27.1. The number of hydrogen-bond donors (Lipinski definition) is 2. The van der Waals surface area contributed by atoms with E-state index in [4.69, 9.17) is 18.5 Å². The molecule has 2 atom stereocenters. The second-order valence-corrected chi connectivity index (χ2v) is 10.8. The van der Waals surface area contributed by atoms with Crippen molar-refractivity contribution in [2.24, 2.45) is 0 Å². The van der Waals surface area contributed by atoms with Crippen LogP contribution in [0, 0.1) is 0 Å². The van der Waals surface area contributed by atoms with Crippen molar-refractivity contribution in [1.29, 1.82) is 0 Å². The van der Waals surface area contributed by atoms with Gasteiger partial charge in [-0.25, -0.2) is 0 Å². The molecule has 0 aliphatic carbocycles. The molecule has 2 unspecified atom stereocenters. The molecule has 0 fully saturated rings. The summed E-state index contributed by atoms with van der Waals surface area (Å²) < 4.78 is 36.7. The Kier molecular flexibility index (Phi) is 9.08. The number of aromatic hydroxyl groups is 1. The average molecular weight is 536 g/mol. The van der Waals surface area contributed by atoms with Gasteiger partial charge in [0.25, 0.3) is 0 Å². The van der Waals surface area contributed by atoms with E-state index in [1.54, 1.807) is 34.1 Å². The molecular weight excluding hydrogens is 501 g/mol. The molecule has 38 heavy (non-hydrogen) atoms. The van der Waals surface area contributed by atoms with Crippen molar-refractivity contribution in [1.82, 2.24) is 5.32 Å². The van der Waals surface area contributed by atoms with Gasteiger partial charge in [-0.3, -0.25) is 9.88 Å². The van der Waals surface area contributed by atoms with Gasteiger partial charge in [0, 0.05) is 5.56 Å². The number of ether oxygens (including phenoxy) is 2. The molecule has 4 rings (SSSR count). The summed E-state index contributed by atoms with van der Waals surface area (Å²) in [5.74, 6) is 0.649. The van der Waals surface area contributed by atoms with Crippen LogP contribution in [0.5, 0.6) is 17.2 Å². The molecule has 0 saturated heterocycles. The summed E-state index contributed by atoms with van der Waals surface area (Å²) in [6.07, 6.45) is 0. The molecule has 0 amide bonds. The van der Waals surface area contributed by atoms with Crippen LogP contribution in [0.15, 0.2) is 84.9 Å². The number of methoxy groups -OCH3 is 2. The van der Waals surface area contributed by atoms with Gasteiger partial charge in [-0.05, 0) is 66.1 Å². The average Bonchev–Trinajstić information content (AvgIpc) is 2.94. The third-order valence-electron chi connectivity index (χ3n) is 6.38. The zero-order valence-corrected chi connectivity index (χ0v) is 23.0. The quantitative estimate of drug-likeness (QED) is 0.185. The molecule has 0 spiro atoms. The number of rotatable bonds is 12. The Labute approximate surface area is 223 Å². The summed E-state index contributed by atoms with van der Waals surface area (Å²) in [7, 11) is -0.510. The van der Waals surface area contributed by atoms with Crippen LogP contribution >= 0.6 is 7.60 Å². The van der Waals surface area contributed by atoms with Crippen LogP contribution in [0.3, 0.4) is 0 Å². The van der Waals surface area contributed by atoms with E-state index in [-0.39, 0.29) is 19.0 Å². The van der Waals surface area contributed by atoms with Gasteiger partial charge >= 0.3 is 7.60 Å². The monoisotopic (exact) mass is 535 g/mol. The van der Waals surface area contributed by atoms with Crippen molar-refractivity contribution in [2.45, 2.75) is 25.7 Å². The predicted octanol–water partition coefficient (Wildman–Crippen LogP) is 7.21. The van der Waals surface area contributed by atoms with Crippen LogP contribution < -0.4 is 14.8 Å². The number of nitrogens with one attached hydrogen (secondary N) is 1. The Morgan fingerprint density at radius 1 is 0.763 bits per heavy atom. The summed E-state index contributed by atoms with van der Waals surface area (Å²) in [5.41, 5.74) is 2.20. The van der Waals surface area contributed by atoms with Crippen LogP contribution in [0.4, 0.5) is 0 Å². The maximum absolute atomic E-state index is 14.3. The van der Waals surface area contributed by atoms with Gasteiger partial charge in [0.15, 0.2) is 0 Å². The number of phenolic OH excluding ortho intramolecular Hbond substituents is 1. The highest BCUT2D eigenvalue weighted by molar-refractivity contribution is 7.54. The molecule has 8 heteroatoms. The molecule has 0 aromatic heterocycles. The largest absolute Gasteiger partial charge is 0.508 e. The van der Waals surface area contributed by atoms with E-state index in [9.17, 15) is 9.67 Å². The summed E-state index contributed by atoms with van der Waals surface area (Å²) in [6, 6.07) is 25.7. The van der Waals surface area contributed by atoms with Crippen LogP contribution in [0.1, 0.15) is 42.4 Å². The molecule has 0 bridgehead atoms. The van der Waals surface area contributed by atoms with E-state index in [2.05, 4.69) is 5.32 Å². The van der Waals surface area contributed by atoms with Crippen molar-refractivity contribution in [3.63, 3.8) is 0 Å². The van der Waals surface area contributed by atoms with Crippen molar-refractivity contribution in [3.05, 3.63) is 102 Å². The Bertz CT molecular complexity index is 1380. The van der Waals surface area contributed by atoms with Gasteiger partial charge in [-0.1, -0.05) is 54.6 Å². The highest BCUT2D eigenvalue weighted by Gasteiger charge is 2.39. The first kappa shape index (κ1) is 27.7. The molecule has 0 radical (unpaired) electrons.